The maximum atomic E-state index is 10.6. The third-order valence-electron chi connectivity index (χ3n) is 4.67. The van der Waals surface area contributed by atoms with Crippen LogP contribution < -0.4 is 12.4 Å². The second kappa shape index (κ2) is 10.0. The second-order valence-electron chi connectivity index (χ2n) is 6.45. The molecular weight excluding hydrogens is 421 g/mol. The van der Waals surface area contributed by atoms with Crippen LogP contribution in [-0.2, 0) is 20.4 Å². The van der Waals surface area contributed by atoms with Crippen molar-refractivity contribution in [2.75, 3.05) is 24.7 Å². The molecule has 0 saturated carbocycles. The topological polar surface area (TPSA) is 132 Å². The normalized spacial score (nSPS) is 37.6. The molecule has 5 N–H and O–H groups in total. The molecule has 1 aromatic rings. The fourth-order valence-electron chi connectivity index (χ4n) is 3.25. The van der Waals surface area contributed by atoms with Gasteiger partial charge in [-0.1, -0.05) is 11.6 Å². The zero-order valence-corrected chi connectivity index (χ0v) is 16.6. The third-order valence-corrected chi connectivity index (χ3v) is 7.81. The predicted molar refractivity (Wildman–Crippen MR) is 94.8 cm³/mol. The van der Waals surface area contributed by atoms with Gasteiger partial charge in [0.05, 0.1) is 18.2 Å². The van der Waals surface area contributed by atoms with Gasteiger partial charge < -0.3 is 47.4 Å². The zero-order valence-electron chi connectivity index (χ0n) is 14.3. The summed E-state index contributed by atoms with van der Waals surface area (Å²) in [6, 6.07) is 1.64. The van der Waals surface area contributed by atoms with E-state index < -0.39 is 53.0 Å². The van der Waals surface area contributed by atoms with Gasteiger partial charge in [0.15, 0.2) is 11.5 Å². The van der Waals surface area contributed by atoms with Crippen molar-refractivity contribution in [3.8, 4) is 0 Å². The lowest BCUT2D eigenvalue weighted by Crippen LogP contribution is -3.00. The number of hydrogen-bond donors (Lipinski definition) is 5. The Labute approximate surface area is 170 Å². The largest absolute Gasteiger partial charge is 1.00 e. The molecule has 0 spiro atoms. The van der Waals surface area contributed by atoms with Crippen molar-refractivity contribution >= 4 is 22.5 Å². The van der Waals surface area contributed by atoms with Crippen molar-refractivity contribution in [3.63, 3.8) is 0 Å². The van der Waals surface area contributed by atoms with E-state index in [0.29, 0.717) is 16.3 Å². The second-order valence-corrected chi connectivity index (χ2v) is 9.20. The molecule has 2 saturated heterocycles. The summed E-state index contributed by atoms with van der Waals surface area (Å²) in [6.45, 7) is -0.312. The summed E-state index contributed by atoms with van der Waals surface area (Å²) in [5.74, 6) is 0.486. The molecule has 0 radical (unpaired) electrons. The molecule has 0 aliphatic carbocycles. The van der Waals surface area contributed by atoms with Gasteiger partial charge in [0.25, 0.3) is 0 Å². The van der Waals surface area contributed by atoms with Crippen LogP contribution in [0.5, 0.6) is 0 Å². The Morgan fingerprint density at radius 3 is 2.70 bits per heavy atom. The first-order valence-electron chi connectivity index (χ1n) is 8.28. The van der Waals surface area contributed by atoms with E-state index in [-0.39, 0.29) is 31.4 Å². The van der Waals surface area contributed by atoms with Crippen LogP contribution in [0.25, 0.3) is 0 Å². The average molecular weight is 444 g/mol. The summed E-state index contributed by atoms with van der Waals surface area (Å²) in [4.78, 5) is 3.90. The number of aromatic nitrogens is 1. The maximum absolute atomic E-state index is 10.6. The highest BCUT2D eigenvalue weighted by molar-refractivity contribution is 7.97. The van der Waals surface area contributed by atoms with Gasteiger partial charge in [0, 0.05) is 28.9 Å². The van der Waals surface area contributed by atoms with Gasteiger partial charge in [-0.3, -0.25) is 4.98 Å². The molecule has 2 fully saturated rings. The molecule has 1 aromatic heterocycles. The first-order valence-corrected chi connectivity index (χ1v) is 10.3. The number of halogens is 2. The maximum Gasteiger partial charge on any atom is 0.186 e. The molecule has 8 nitrogen and oxygen atoms in total. The van der Waals surface area contributed by atoms with Crippen LogP contribution >= 0.6 is 11.6 Å². The van der Waals surface area contributed by atoms with Gasteiger partial charge in [-0.15, -0.1) is 0 Å². The summed E-state index contributed by atoms with van der Waals surface area (Å²) in [5.41, 5.74) is 0.549. The molecule has 3 rings (SSSR count). The molecule has 0 aromatic carbocycles. The minimum atomic E-state index is -1.05. The minimum absolute atomic E-state index is 0. The highest BCUT2D eigenvalue weighted by Gasteiger charge is 2.51. The van der Waals surface area contributed by atoms with Crippen LogP contribution in [0.2, 0.25) is 5.02 Å². The van der Waals surface area contributed by atoms with Crippen molar-refractivity contribution in [2.45, 2.75) is 42.1 Å². The smallest absolute Gasteiger partial charge is 0.186 e. The standard InChI is InChI=1S/C16H23ClNO7S.ClH/c17-9-3-18-2-1-8(9)16-24-5-10(20)15(25-16)12(22)7-26-6-11(21)14(23)13(26)4-19;/h1-3,10-16,19-23H,4-7H2;1H/q+1;/p-1/t10-,11-,12-,13-,14+,15+,16?,26?;/m1./s1. The zero-order chi connectivity index (χ0) is 18.8. The van der Waals surface area contributed by atoms with Gasteiger partial charge in [-0.05, 0) is 6.07 Å². The monoisotopic (exact) mass is 443 g/mol. The summed E-state index contributed by atoms with van der Waals surface area (Å²) in [7, 11) is -0.600. The van der Waals surface area contributed by atoms with Gasteiger partial charge in [0.2, 0.25) is 0 Å². The molecule has 2 aliphatic rings. The lowest BCUT2D eigenvalue weighted by molar-refractivity contribution is -0.273. The molecular formula is C16H23Cl2NO7S. The summed E-state index contributed by atoms with van der Waals surface area (Å²) in [6.07, 6.45) is -2.79. The van der Waals surface area contributed by atoms with Gasteiger partial charge >= 0.3 is 0 Å². The lowest BCUT2D eigenvalue weighted by atomic mass is 10.1. The molecule has 154 valence electrons. The first-order chi connectivity index (χ1) is 12.4. The van der Waals surface area contributed by atoms with Gasteiger partial charge in [-0.2, -0.15) is 0 Å². The molecule has 0 amide bonds. The van der Waals surface area contributed by atoms with E-state index >= 15 is 0 Å². The molecule has 11 heteroatoms. The number of aliphatic hydroxyl groups excluding tert-OH is 5. The SMILES string of the molecule is OC[C@@H]1[C@@H](O)[C@H](O)C[S+]1C[C@@H](O)[C@H]1OC(c2ccncc2Cl)OC[C@H]1O.[Cl-]. The fourth-order valence-corrected chi connectivity index (χ4v) is 6.14. The summed E-state index contributed by atoms with van der Waals surface area (Å²) < 4.78 is 11.2. The van der Waals surface area contributed by atoms with Crippen LogP contribution in [0.15, 0.2) is 18.5 Å². The molecule has 0 bridgehead atoms. The van der Waals surface area contributed by atoms with Crippen LogP contribution in [0, 0.1) is 0 Å². The number of nitrogens with zero attached hydrogens (tertiary/aromatic N) is 1. The van der Waals surface area contributed by atoms with E-state index in [1.54, 1.807) is 12.3 Å². The Kier molecular flexibility index (Phi) is 8.56. The van der Waals surface area contributed by atoms with E-state index in [4.69, 9.17) is 21.1 Å². The fraction of sp³-hybridized carbons (Fsp3) is 0.688. The Bertz CT molecular complexity index is 616. The van der Waals surface area contributed by atoms with E-state index in [0.717, 1.165) is 0 Å². The lowest BCUT2D eigenvalue weighted by Gasteiger charge is -2.36. The summed E-state index contributed by atoms with van der Waals surface area (Å²) >= 11 is 6.10. The Morgan fingerprint density at radius 1 is 1.30 bits per heavy atom. The van der Waals surface area contributed by atoms with Crippen molar-refractivity contribution < 1.29 is 47.4 Å². The van der Waals surface area contributed by atoms with Crippen molar-refractivity contribution in [1.82, 2.24) is 4.98 Å². The van der Waals surface area contributed by atoms with E-state index in [2.05, 4.69) is 4.98 Å². The van der Waals surface area contributed by atoms with Crippen molar-refractivity contribution in [3.05, 3.63) is 29.0 Å². The number of ether oxygens (including phenoxy) is 2. The molecule has 2 unspecified atom stereocenters. The van der Waals surface area contributed by atoms with Crippen molar-refractivity contribution in [1.29, 1.82) is 0 Å². The van der Waals surface area contributed by atoms with E-state index in [9.17, 15) is 25.5 Å². The van der Waals surface area contributed by atoms with Gasteiger partial charge in [-0.25, -0.2) is 0 Å². The number of rotatable bonds is 5. The van der Waals surface area contributed by atoms with E-state index in [1.807, 2.05) is 0 Å². The highest BCUT2D eigenvalue weighted by Crippen LogP contribution is 2.33. The first kappa shape index (κ1) is 23.1. The van der Waals surface area contributed by atoms with E-state index in [1.165, 1.54) is 6.20 Å². The van der Waals surface area contributed by atoms with Crippen molar-refractivity contribution in [2.24, 2.45) is 0 Å². The van der Waals surface area contributed by atoms with Crippen LogP contribution in [0.1, 0.15) is 11.9 Å². The Hall–Kier alpha value is -0.200. The van der Waals surface area contributed by atoms with Crippen LogP contribution in [-0.4, -0.2) is 91.0 Å². The third kappa shape index (κ3) is 5.05. The molecule has 3 heterocycles. The number of hydrogen-bond acceptors (Lipinski definition) is 8. The van der Waals surface area contributed by atoms with Crippen LogP contribution in [0.3, 0.4) is 0 Å². The molecule has 27 heavy (non-hydrogen) atoms. The predicted octanol–water partition coefficient (Wildman–Crippen LogP) is -4.41. The molecule has 2 aliphatic heterocycles. The average Bonchev–Trinajstić information content (AvgIpc) is 2.89. The number of pyridine rings is 1. The summed E-state index contributed by atoms with van der Waals surface area (Å²) in [5, 5.41) is 49.8. The highest BCUT2D eigenvalue weighted by atomic mass is 35.5. The number of aliphatic hydroxyl groups is 5. The Morgan fingerprint density at radius 2 is 2.04 bits per heavy atom. The van der Waals surface area contributed by atoms with Gasteiger partial charge in [0.1, 0.15) is 42.0 Å². The molecule has 8 atom stereocenters. The quantitative estimate of drug-likeness (QED) is 0.288. The van der Waals surface area contributed by atoms with Crippen LogP contribution in [0.4, 0.5) is 0 Å². The minimum Gasteiger partial charge on any atom is -1.00 e. The Balaban J connectivity index is 0.00000261.